The van der Waals surface area contributed by atoms with Crippen molar-refractivity contribution in [1.82, 2.24) is 0 Å². The van der Waals surface area contributed by atoms with Gasteiger partial charge in [-0.1, -0.05) is 130 Å². The van der Waals surface area contributed by atoms with Gasteiger partial charge in [0.1, 0.15) is 0 Å². The molecule has 0 aromatic rings. The van der Waals surface area contributed by atoms with Crippen molar-refractivity contribution in [3.8, 4) is 0 Å². The van der Waals surface area contributed by atoms with Crippen LogP contribution in [0.4, 0.5) is 0 Å². The van der Waals surface area contributed by atoms with E-state index in [1.807, 2.05) is 0 Å². The minimum atomic E-state index is -0.264. The SMILES string of the molecule is Br.C=C(C)C(=O)OCC(C)(C)CCCCCCCCCCCCCCCCCC. The Kier molecular flexibility index (Phi) is 22.3. The van der Waals surface area contributed by atoms with E-state index < -0.39 is 0 Å². The van der Waals surface area contributed by atoms with Gasteiger partial charge in [0, 0.05) is 5.57 Å². The molecule has 0 N–H and O–H groups in total. The second kappa shape index (κ2) is 20.9. The maximum atomic E-state index is 11.5. The second-order valence-corrected chi connectivity index (χ2v) is 9.57. The molecule has 0 fully saturated rings. The van der Waals surface area contributed by atoms with Gasteiger partial charge in [0.25, 0.3) is 0 Å². The van der Waals surface area contributed by atoms with Crippen LogP contribution in [-0.2, 0) is 9.53 Å². The quantitative estimate of drug-likeness (QED) is 0.0996. The summed E-state index contributed by atoms with van der Waals surface area (Å²) in [5, 5.41) is 0. The molecule has 0 amide bonds. The largest absolute Gasteiger partial charge is 0.462 e. The van der Waals surface area contributed by atoms with Gasteiger partial charge in [0.2, 0.25) is 0 Å². The predicted molar refractivity (Wildman–Crippen MR) is 134 cm³/mol. The fourth-order valence-electron chi connectivity index (χ4n) is 3.61. The fourth-order valence-corrected chi connectivity index (χ4v) is 3.61. The molecule has 0 rings (SSSR count). The van der Waals surface area contributed by atoms with E-state index >= 15 is 0 Å². The molecule has 0 unspecified atom stereocenters. The number of ether oxygens (including phenoxy) is 1. The molecule has 0 heterocycles. The van der Waals surface area contributed by atoms with Crippen molar-refractivity contribution < 1.29 is 9.53 Å². The van der Waals surface area contributed by atoms with Crippen molar-refractivity contribution in [2.45, 2.75) is 137 Å². The number of carbonyl (C=O) groups is 1. The second-order valence-electron chi connectivity index (χ2n) is 9.57. The van der Waals surface area contributed by atoms with Gasteiger partial charge in [-0.05, 0) is 18.8 Å². The zero-order valence-corrected chi connectivity index (χ0v) is 21.9. The summed E-state index contributed by atoms with van der Waals surface area (Å²) in [5.74, 6) is -0.264. The van der Waals surface area contributed by atoms with E-state index in [2.05, 4.69) is 27.4 Å². The summed E-state index contributed by atoms with van der Waals surface area (Å²) in [6, 6.07) is 0. The van der Waals surface area contributed by atoms with E-state index in [0.29, 0.717) is 12.2 Å². The molecular weight excluding hydrogens is 424 g/mol. The van der Waals surface area contributed by atoms with Crippen molar-refractivity contribution in [3.63, 3.8) is 0 Å². The van der Waals surface area contributed by atoms with Crippen molar-refractivity contribution in [2.24, 2.45) is 5.41 Å². The highest BCUT2D eigenvalue weighted by Gasteiger charge is 2.20. The third-order valence-corrected chi connectivity index (χ3v) is 5.65. The highest BCUT2D eigenvalue weighted by Crippen LogP contribution is 2.25. The molecule has 0 aliphatic heterocycles. The van der Waals surface area contributed by atoms with Crippen LogP contribution < -0.4 is 0 Å². The molecule has 3 heteroatoms. The van der Waals surface area contributed by atoms with E-state index in [-0.39, 0.29) is 28.4 Å². The lowest BCUT2D eigenvalue weighted by Crippen LogP contribution is -2.22. The number of unbranched alkanes of at least 4 members (excludes halogenated alkanes) is 15. The number of rotatable bonds is 20. The molecule has 0 saturated heterocycles. The Hall–Kier alpha value is -0.310. The molecule has 174 valence electrons. The number of carbonyl (C=O) groups excluding carboxylic acids is 1. The molecule has 0 aromatic carbocycles. The third kappa shape index (κ3) is 22.2. The van der Waals surface area contributed by atoms with Crippen molar-refractivity contribution >= 4 is 23.0 Å². The first-order valence-corrected chi connectivity index (χ1v) is 12.2. The molecule has 0 atom stereocenters. The van der Waals surface area contributed by atoms with Crippen LogP contribution in [0.2, 0.25) is 0 Å². The zero-order chi connectivity index (χ0) is 21.1. The van der Waals surface area contributed by atoms with E-state index in [1.165, 1.54) is 103 Å². The van der Waals surface area contributed by atoms with Crippen molar-refractivity contribution in [1.29, 1.82) is 0 Å². The number of esters is 1. The molecule has 0 aromatic heterocycles. The summed E-state index contributed by atoms with van der Waals surface area (Å²) in [7, 11) is 0. The van der Waals surface area contributed by atoms with E-state index in [0.717, 1.165) is 6.42 Å². The van der Waals surface area contributed by atoms with Crippen LogP contribution in [-0.4, -0.2) is 12.6 Å². The monoisotopic (exact) mass is 474 g/mol. The lowest BCUT2D eigenvalue weighted by atomic mass is 9.87. The predicted octanol–water partition coefficient (Wildman–Crippen LogP) is 9.36. The number of halogens is 1. The molecule has 0 bridgehead atoms. The maximum Gasteiger partial charge on any atom is 0.333 e. The summed E-state index contributed by atoms with van der Waals surface area (Å²) >= 11 is 0. The van der Waals surface area contributed by atoms with Gasteiger partial charge in [-0.3, -0.25) is 0 Å². The summed E-state index contributed by atoms with van der Waals surface area (Å²) in [6.07, 6.45) is 23.5. The average Bonchev–Trinajstić information content (AvgIpc) is 2.65. The first kappa shape index (κ1) is 30.9. The topological polar surface area (TPSA) is 26.3 Å². The highest BCUT2D eigenvalue weighted by molar-refractivity contribution is 8.93. The van der Waals surface area contributed by atoms with Crippen LogP contribution in [0.3, 0.4) is 0 Å². The molecule has 0 aliphatic rings. The lowest BCUT2D eigenvalue weighted by Gasteiger charge is -2.24. The Bertz CT molecular complexity index is 390. The van der Waals surface area contributed by atoms with Crippen molar-refractivity contribution in [2.75, 3.05) is 6.61 Å². The Labute approximate surface area is 193 Å². The number of hydrogen-bond acceptors (Lipinski definition) is 2. The first-order chi connectivity index (χ1) is 13.4. The molecular formula is C26H51BrO2. The van der Waals surface area contributed by atoms with Crippen LogP contribution in [0.15, 0.2) is 12.2 Å². The standard InChI is InChI=1S/C26H50O2.BrH/c1-6-7-8-9-10-11-12-13-14-15-16-17-18-19-20-21-22-26(4,5)23-28-25(27)24(2)3;/h2,6-23H2,1,3-5H3;1H. The minimum Gasteiger partial charge on any atom is -0.462 e. The smallest absolute Gasteiger partial charge is 0.333 e. The molecule has 0 spiro atoms. The van der Waals surface area contributed by atoms with Crippen LogP contribution in [0.1, 0.15) is 137 Å². The van der Waals surface area contributed by atoms with Gasteiger partial charge in [0.15, 0.2) is 0 Å². The molecule has 29 heavy (non-hydrogen) atoms. The average molecular weight is 476 g/mol. The van der Waals surface area contributed by atoms with Gasteiger partial charge in [0.05, 0.1) is 6.61 Å². The van der Waals surface area contributed by atoms with Crippen LogP contribution >= 0.6 is 17.0 Å². The molecule has 0 aliphatic carbocycles. The summed E-state index contributed by atoms with van der Waals surface area (Å²) in [5.41, 5.74) is 0.555. The Morgan fingerprint density at radius 2 is 1.07 bits per heavy atom. The van der Waals surface area contributed by atoms with E-state index in [4.69, 9.17) is 4.74 Å². The van der Waals surface area contributed by atoms with Gasteiger partial charge >= 0.3 is 5.97 Å². The number of hydrogen-bond donors (Lipinski definition) is 0. The van der Waals surface area contributed by atoms with Crippen LogP contribution in [0.5, 0.6) is 0 Å². The minimum absolute atomic E-state index is 0. The first-order valence-electron chi connectivity index (χ1n) is 12.2. The summed E-state index contributed by atoms with van der Waals surface area (Å²) in [4.78, 5) is 11.5. The van der Waals surface area contributed by atoms with Crippen molar-refractivity contribution in [3.05, 3.63) is 12.2 Å². The lowest BCUT2D eigenvalue weighted by molar-refractivity contribution is -0.142. The molecule has 2 nitrogen and oxygen atoms in total. The summed E-state index contributed by atoms with van der Waals surface area (Å²) < 4.78 is 5.31. The van der Waals surface area contributed by atoms with E-state index in [1.54, 1.807) is 6.92 Å². The Morgan fingerprint density at radius 3 is 1.41 bits per heavy atom. The highest BCUT2D eigenvalue weighted by atomic mass is 79.9. The van der Waals surface area contributed by atoms with Gasteiger partial charge in [-0.25, -0.2) is 4.79 Å². The van der Waals surface area contributed by atoms with Gasteiger partial charge < -0.3 is 4.74 Å². The summed E-state index contributed by atoms with van der Waals surface area (Å²) in [6.45, 7) is 12.5. The third-order valence-electron chi connectivity index (χ3n) is 5.65. The maximum absolute atomic E-state index is 11.5. The van der Waals surface area contributed by atoms with Gasteiger partial charge in [-0.15, -0.1) is 17.0 Å². The molecule has 0 radical (unpaired) electrons. The van der Waals surface area contributed by atoms with Crippen LogP contribution in [0.25, 0.3) is 0 Å². The van der Waals surface area contributed by atoms with Crippen LogP contribution in [0, 0.1) is 5.41 Å². The van der Waals surface area contributed by atoms with Gasteiger partial charge in [-0.2, -0.15) is 0 Å². The zero-order valence-electron chi connectivity index (χ0n) is 20.2. The fraction of sp³-hybridized carbons (Fsp3) is 0.885. The van der Waals surface area contributed by atoms with E-state index in [9.17, 15) is 4.79 Å². The normalized spacial score (nSPS) is 11.2. The Morgan fingerprint density at radius 1 is 0.724 bits per heavy atom. The Balaban J connectivity index is 0. The molecule has 0 saturated carbocycles.